The molecule has 0 aliphatic carbocycles. The van der Waals surface area contributed by atoms with Gasteiger partial charge in [0.2, 0.25) is 0 Å². The smallest absolute Gasteiger partial charge is 0.0791 e. The quantitative estimate of drug-likeness (QED) is 0.687. The van der Waals surface area contributed by atoms with E-state index >= 15 is 0 Å². The third-order valence-electron chi connectivity index (χ3n) is 2.77. The maximum absolute atomic E-state index is 9.93. The SMILES string of the molecule is CCNCC(O)CN(CCC#N)Cc1cccnc1. The molecule has 0 fully saturated rings. The number of likely N-dealkylation sites (N-methyl/N-ethyl adjacent to an activating group) is 1. The van der Waals surface area contributed by atoms with E-state index in [-0.39, 0.29) is 0 Å². The highest BCUT2D eigenvalue weighted by atomic mass is 16.3. The van der Waals surface area contributed by atoms with Gasteiger partial charge in [-0.3, -0.25) is 9.88 Å². The van der Waals surface area contributed by atoms with Gasteiger partial charge in [-0.2, -0.15) is 5.26 Å². The summed E-state index contributed by atoms with van der Waals surface area (Å²) in [6.45, 7) is 5.36. The van der Waals surface area contributed by atoms with E-state index in [9.17, 15) is 5.11 Å². The summed E-state index contributed by atoms with van der Waals surface area (Å²) >= 11 is 0. The Bertz CT molecular complexity index is 377. The molecule has 5 heteroatoms. The molecule has 5 nitrogen and oxygen atoms in total. The van der Waals surface area contributed by atoms with Crippen molar-refractivity contribution in [2.45, 2.75) is 26.0 Å². The van der Waals surface area contributed by atoms with E-state index in [1.54, 1.807) is 6.20 Å². The summed E-state index contributed by atoms with van der Waals surface area (Å²) in [5.41, 5.74) is 1.09. The zero-order chi connectivity index (χ0) is 13.9. The zero-order valence-corrected chi connectivity index (χ0v) is 11.4. The van der Waals surface area contributed by atoms with Crippen molar-refractivity contribution in [2.24, 2.45) is 0 Å². The van der Waals surface area contributed by atoms with Crippen molar-refractivity contribution in [3.8, 4) is 6.07 Å². The van der Waals surface area contributed by atoms with Crippen molar-refractivity contribution >= 4 is 0 Å². The highest BCUT2D eigenvalue weighted by molar-refractivity contribution is 5.08. The molecule has 0 radical (unpaired) electrons. The van der Waals surface area contributed by atoms with Gasteiger partial charge in [-0.05, 0) is 18.2 Å². The average Bonchev–Trinajstić information content (AvgIpc) is 2.43. The molecule has 1 aromatic heterocycles. The van der Waals surface area contributed by atoms with Crippen molar-refractivity contribution in [1.29, 1.82) is 5.26 Å². The van der Waals surface area contributed by atoms with Gasteiger partial charge < -0.3 is 10.4 Å². The van der Waals surface area contributed by atoms with Crippen molar-refractivity contribution in [2.75, 3.05) is 26.2 Å². The summed E-state index contributed by atoms with van der Waals surface area (Å²) in [5, 5.41) is 21.7. The van der Waals surface area contributed by atoms with Crippen molar-refractivity contribution < 1.29 is 5.11 Å². The van der Waals surface area contributed by atoms with Gasteiger partial charge in [-0.1, -0.05) is 13.0 Å². The van der Waals surface area contributed by atoms with Gasteiger partial charge in [0.25, 0.3) is 0 Å². The maximum Gasteiger partial charge on any atom is 0.0791 e. The summed E-state index contributed by atoms with van der Waals surface area (Å²) in [7, 11) is 0. The normalized spacial score (nSPS) is 12.3. The number of aliphatic hydroxyl groups excluding tert-OH is 1. The predicted octanol–water partition coefficient (Wildman–Crippen LogP) is 0.768. The van der Waals surface area contributed by atoms with E-state index in [0.29, 0.717) is 32.6 Å². The second-order valence-corrected chi connectivity index (χ2v) is 4.47. The van der Waals surface area contributed by atoms with Crippen LogP contribution in [0, 0.1) is 11.3 Å². The van der Waals surface area contributed by atoms with Crippen molar-refractivity contribution in [1.82, 2.24) is 15.2 Å². The summed E-state index contributed by atoms with van der Waals surface area (Å²) in [5.74, 6) is 0. The fourth-order valence-corrected chi connectivity index (χ4v) is 1.87. The van der Waals surface area contributed by atoms with Crippen LogP contribution >= 0.6 is 0 Å². The first-order valence-corrected chi connectivity index (χ1v) is 6.63. The third-order valence-corrected chi connectivity index (χ3v) is 2.77. The Morgan fingerprint density at radius 2 is 2.42 bits per heavy atom. The fraction of sp³-hybridized carbons (Fsp3) is 0.571. The second-order valence-electron chi connectivity index (χ2n) is 4.47. The fourth-order valence-electron chi connectivity index (χ4n) is 1.87. The summed E-state index contributed by atoms with van der Waals surface area (Å²) < 4.78 is 0. The van der Waals surface area contributed by atoms with Crippen molar-refractivity contribution in [3.05, 3.63) is 30.1 Å². The molecule has 2 N–H and O–H groups in total. The Morgan fingerprint density at radius 3 is 3.05 bits per heavy atom. The first-order valence-electron chi connectivity index (χ1n) is 6.63. The number of hydrogen-bond acceptors (Lipinski definition) is 5. The molecule has 0 aliphatic rings. The van der Waals surface area contributed by atoms with E-state index in [2.05, 4.69) is 21.3 Å². The molecule has 0 aliphatic heterocycles. The number of aliphatic hydroxyl groups is 1. The standard InChI is InChI=1S/C14H22N4O/c1-2-16-10-14(19)12-18(8-4-6-15)11-13-5-3-7-17-9-13/h3,5,7,9,14,16,19H,2,4,8,10-12H2,1H3. The minimum absolute atomic E-state index is 0.421. The van der Waals surface area contributed by atoms with Gasteiger partial charge >= 0.3 is 0 Å². The van der Waals surface area contributed by atoms with Gasteiger partial charge in [-0.15, -0.1) is 0 Å². The molecular formula is C14H22N4O. The average molecular weight is 262 g/mol. The van der Waals surface area contributed by atoms with Crippen molar-refractivity contribution in [3.63, 3.8) is 0 Å². The van der Waals surface area contributed by atoms with Crippen LogP contribution < -0.4 is 5.32 Å². The molecule has 0 saturated heterocycles. The van der Waals surface area contributed by atoms with Crippen LogP contribution in [0.4, 0.5) is 0 Å². The lowest BCUT2D eigenvalue weighted by Crippen LogP contribution is -2.38. The van der Waals surface area contributed by atoms with Gasteiger partial charge in [0.15, 0.2) is 0 Å². The Labute approximate surface area is 114 Å². The Kier molecular flexibility index (Phi) is 7.75. The number of rotatable bonds is 9. The van der Waals surface area contributed by atoms with E-state index in [1.165, 1.54) is 0 Å². The number of aromatic nitrogens is 1. The molecule has 1 aromatic rings. The molecule has 0 aromatic carbocycles. The molecule has 1 unspecified atom stereocenters. The minimum Gasteiger partial charge on any atom is -0.390 e. The van der Waals surface area contributed by atoms with E-state index in [4.69, 9.17) is 5.26 Å². The topological polar surface area (TPSA) is 72.2 Å². The molecule has 1 atom stereocenters. The van der Waals surface area contributed by atoms with E-state index < -0.39 is 6.10 Å². The third kappa shape index (κ3) is 6.87. The summed E-state index contributed by atoms with van der Waals surface area (Å²) in [4.78, 5) is 6.17. The largest absolute Gasteiger partial charge is 0.390 e. The lowest BCUT2D eigenvalue weighted by atomic mass is 10.2. The molecular weight excluding hydrogens is 240 g/mol. The number of nitrogens with one attached hydrogen (secondary N) is 1. The number of nitrogens with zero attached hydrogens (tertiary/aromatic N) is 3. The predicted molar refractivity (Wildman–Crippen MR) is 74.3 cm³/mol. The molecule has 1 heterocycles. The summed E-state index contributed by atoms with van der Waals surface area (Å²) in [6.07, 6.45) is 3.60. The highest BCUT2D eigenvalue weighted by Crippen LogP contribution is 2.04. The van der Waals surface area contributed by atoms with Crippen LogP contribution in [0.15, 0.2) is 24.5 Å². The van der Waals surface area contributed by atoms with Crippen LogP contribution in [-0.2, 0) is 6.54 Å². The van der Waals surface area contributed by atoms with Crippen LogP contribution in [-0.4, -0.2) is 47.3 Å². The van der Waals surface area contributed by atoms with Crippen LogP contribution in [0.3, 0.4) is 0 Å². The van der Waals surface area contributed by atoms with Gasteiger partial charge in [0, 0.05) is 45.0 Å². The molecule has 1 rings (SSSR count). The second kappa shape index (κ2) is 9.45. The molecule has 104 valence electrons. The Balaban J connectivity index is 2.49. The van der Waals surface area contributed by atoms with E-state index in [1.807, 2.05) is 25.3 Å². The van der Waals surface area contributed by atoms with E-state index in [0.717, 1.165) is 12.1 Å². The molecule has 0 amide bonds. The lowest BCUT2D eigenvalue weighted by molar-refractivity contribution is 0.109. The Morgan fingerprint density at radius 1 is 1.58 bits per heavy atom. The number of nitriles is 1. The first kappa shape index (κ1) is 15.6. The molecule has 19 heavy (non-hydrogen) atoms. The van der Waals surface area contributed by atoms with Crippen LogP contribution in [0.5, 0.6) is 0 Å². The van der Waals surface area contributed by atoms with Crippen LogP contribution in [0.1, 0.15) is 18.9 Å². The molecule has 0 bridgehead atoms. The number of hydrogen-bond donors (Lipinski definition) is 2. The Hall–Kier alpha value is -1.48. The van der Waals surface area contributed by atoms with Crippen LogP contribution in [0.2, 0.25) is 0 Å². The van der Waals surface area contributed by atoms with Gasteiger partial charge in [-0.25, -0.2) is 0 Å². The monoisotopic (exact) mass is 262 g/mol. The maximum atomic E-state index is 9.93. The first-order chi connectivity index (χ1) is 9.26. The number of pyridine rings is 1. The minimum atomic E-state index is -0.421. The lowest BCUT2D eigenvalue weighted by Gasteiger charge is -2.24. The van der Waals surface area contributed by atoms with Crippen LogP contribution in [0.25, 0.3) is 0 Å². The van der Waals surface area contributed by atoms with Gasteiger partial charge in [0.1, 0.15) is 0 Å². The highest BCUT2D eigenvalue weighted by Gasteiger charge is 2.11. The molecule has 0 saturated carbocycles. The molecule has 0 spiro atoms. The summed E-state index contributed by atoms with van der Waals surface area (Å²) in [6, 6.07) is 6.04. The van der Waals surface area contributed by atoms with Gasteiger partial charge in [0.05, 0.1) is 12.2 Å². The zero-order valence-electron chi connectivity index (χ0n) is 11.4.